The summed E-state index contributed by atoms with van der Waals surface area (Å²) >= 11 is 6.08. The predicted molar refractivity (Wildman–Crippen MR) is 103 cm³/mol. The molecule has 1 fully saturated rings. The summed E-state index contributed by atoms with van der Waals surface area (Å²) < 4.78 is 25.8. The van der Waals surface area contributed by atoms with Gasteiger partial charge in [-0.2, -0.15) is 5.10 Å². The van der Waals surface area contributed by atoms with E-state index in [1.165, 1.54) is 6.07 Å². The summed E-state index contributed by atoms with van der Waals surface area (Å²) in [5.41, 5.74) is 1.48. The van der Waals surface area contributed by atoms with Crippen molar-refractivity contribution in [2.75, 3.05) is 5.32 Å². The first-order chi connectivity index (χ1) is 12.8. The van der Waals surface area contributed by atoms with E-state index in [0.29, 0.717) is 33.2 Å². The topological polar surface area (TPSA) is 107 Å². The van der Waals surface area contributed by atoms with Crippen LogP contribution in [0.2, 0.25) is 5.02 Å². The van der Waals surface area contributed by atoms with Gasteiger partial charge in [-0.3, -0.25) is 9.48 Å². The summed E-state index contributed by atoms with van der Waals surface area (Å²) in [6.07, 6.45) is 3.79. The standard InChI is InChI=1S/C18H17ClN4O3S/c19-15-4-2-1-3-11(15)7-18(24)21-12-8-16-14(17(9-12)27(20,25)26)10-23(22-16)13-5-6-13/h1-4,8-10,13H,5-7H2,(H,21,24)(H2,20,25,26). The summed E-state index contributed by atoms with van der Waals surface area (Å²) in [6.45, 7) is 0. The van der Waals surface area contributed by atoms with Crippen molar-refractivity contribution in [3.05, 3.63) is 53.2 Å². The number of primary sulfonamides is 1. The van der Waals surface area contributed by atoms with Crippen LogP contribution in [0.15, 0.2) is 47.5 Å². The van der Waals surface area contributed by atoms with Crippen LogP contribution >= 0.6 is 11.6 Å². The number of benzene rings is 2. The third kappa shape index (κ3) is 3.83. The molecule has 7 nitrogen and oxygen atoms in total. The first-order valence-corrected chi connectivity index (χ1v) is 10.3. The van der Waals surface area contributed by atoms with Gasteiger partial charge in [0.25, 0.3) is 0 Å². The van der Waals surface area contributed by atoms with Crippen LogP contribution in [0.4, 0.5) is 5.69 Å². The second kappa shape index (κ2) is 6.63. The Hall–Kier alpha value is -2.42. The molecule has 0 atom stereocenters. The molecule has 4 rings (SSSR count). The van der Waals surface area contributed by atoms with E-state index in [1.807, 2.05) is 0 Å². The number of carbonyl (C=O) groups excluding carboxylic acids is 1. The molecule has 0 spiro atoms. The van der Waals surface area contributed by atoms with Crippen molar-refractivity contribution in [3.63, 3.8) is 0 Å². The number of nitrogens with one attached hydrogen (secondary N) is 1. The highest BCUT2D eigenvalue weighted by Gasteiger charge is 2.26. The van der Waals surface area contributed by atoms with Crippen LogP contribution in [0.5, 0.6) is 0 Å². The largest absolute Gasteiger partial charge is 0.326 e. The van der Waals surface area contributed by atoms with E-state index >= 15 is 0 Å². The first-order valence-electron chi connectivity index (χ1n) is 8.40. The van der Waals surface area contributed by atoms with Crippen LogP contribution in [0.3, 0.4) is 0 Å². The number of amides is 1. The SMILES string of the molecule is NS(=O)(=O)c1cc(NC(=O)Cc2ccccc2Cl)cc2nn(C3CC3)cc12. The normalized spacial score (nSPS) is 14.4. The lowest BCUT2D eigenvalue weighted by Crippen LogP contribution is -2.16. The van der Waals surface area contributed by atoms with Crippen molar-refractivity contribution in [1.29, 1.82) is 0 Å². The van der Waals surface area contributed by atoms with Gasteiger partial charge in [0.15, 0.2) is 0 Å². The minimum Gasteiger partial charge on any atom is -0.326 e. The molecular formula is C18H17ClN4O3S. The van der Waals surface area contributed by atoms with Crippen LogP contribution in [0, 0.1) is 0 Å². The maximum absolute atomic E-state index is 12.4. The van der Waals surface area contributed by atoms with Crippen LogP contribution in [-0.4, -0.2) is 24.1 Å². The summed E-state index contributed by atoms with van der Waals surface area (Å²) in [7, 11) is -3.97. The Bertz CT molecular complexity index is 1150. The lowest BCUT2D eigenvalue weighted by molar-refractivity contribution is -0.115. The molecule has 2 aromatic carbocycles. The van der Waals surface area contributed by atoms with Crippen molar-refractivity contribution in [2.24, 2.45) is 5.14 Å². The van der Waals surface area contributed by atoms with Gasteiger partial charge in [0.05, 0.1) is 22.9 Å². The summed E-state index contributed by atoms with van der Waals surface area (Å²) in [4.78, 5) is 12.3. The van der Waals surface area contributed by atoms with Gasteiger partial charge in [0.1, 0.15) is 0 Å². The Morgan fingerprint density at radius 3 is 2.70 bits per heavy atom. The third-order valence-corrected chi connectivity index (χ3v) is 5.74. The zero-order valence-electron chi connectivity index (χ0n) is 14.2. The highest BCUT2D eigenvalue weighted by molar-refractivity contribution is 7.89. The van der Waals surface area contributed by atoms with Gasteiger partial charge in [0.2, 0.25) is 15.9 Å². The fourth-order valence-electron chi connectivity index (χ4n) is 2.96. The molecule has 0 aliphatic heterocycles. The van der Waals surface area contributed by atoms with Gasteiger partial charge in [0, 0.05) is 22.3 Å². The van der Waals surface area contributed by atoms with E-state index < -0.39 is 10.0 Å². The molecule has 0 bridgehead atoms. The van der Waals surface area contributed by atoms with Crippen LogP contribution in [0.25, 0.3) is 10.9 Å². The van der Waals surface area contributed by atoms with Crippen LogP contribution < -0.4 is 10.5 Å². The molecule has 3 aromatic rings. The molecule has 0 radical (unpaired) electrons. The van der Waals surface area contributed by atoms with E-state index in [2.05, 4.69) is 10.4 Å². The number of halogens is 1. The fourth-order valence-corrected chi connectivity index (χ4v) is 3.92. The van der Waals surface area contributed by atoms with Gasteiger partial charge in [-0.15, -0.1) is 0 Å². The number of sulfonamides is 1. The second-order valence-electron chi connectivity index (χ2n) is 6.61. The average molecular weight is 405 g/mol. The molecule has 0 unspecified atom stereocenters. The van der Waals surface area contributed by atoms with Gasteiger partial charge < -0.3 is 5.32 Å². The minimum absolute atomic E-state index is 0.0556. The first kappa shape index (κ1) is 18.0. The van der Waals surface area contributed by atoms with Gasteiger partial charge in [-0.1, -0.05) is 29.8 Å². The summed E-state index contributed by atoms with van der Waals surface area (Å²) in [6, 6.07) is 10.4. The summed E-state index contributed by atoms with van der Waals surface area (Å²) in [5, 5.41) is 13.5. The maximum atomic E-state index is 12.4. The van der Waals surface area contributed by atoms with Crippen LogP contribution in [0.1, 0.15) is 24.4 Å². The second-order valence-corrected chi connectivity index (χ2v) is 8.55. The number of hydrogen-bond donors (Lipinski definition) is 2. The fraction of sp³-hybridized carbons (Fsp3) is 0.222. The van der Waals surface area contributed by atoms with Crippen molar-refractivity contribution in [2.45, 2.75) is 30.2 Å². The van der Waals surface area contributed by atoms with Gasteiger partial charge in [-0.05, 0) is 36.6 Å². The highest BCUT2D eigenvalue weighted by atomic mass is 35.5. The Morgan fingerprint density at radius 1 is 1.30 bits per heavy atom. The molecule has 27 heavy (non-hydrogen) atoms. The molecule has 1 amide bonds. The molecule has 1 aliphatic rings. The number of aromatic nitrogens is 2. The minimum atomic E-state index is -3.97. The molecule has 1 aromatic heterocycles. The molecule has 140 valence electrons. The van der Waals surface area contributed by atoms with Gasteiger partial charge in [-0.25, -0.2) is 13.6 Å². The number of carbonyl (C=O) groups is 1. The monoisotopic (exact) mass is 404 g/mol. The quantitative estimate of drug-likeness (QED) is 0.681. The highest BCUT2D eigenvalue weighted by Crippen LogP contribution is 2.36. The van der Waals surface area contributed by atoms with Gasteiger partial charge >= 0.3 is 0 Å². The number of nitrogens with two attached hydrogens (primary N) is 1. The molecule has 0 saturated heterocycles. The Balaban J connectivity index is 1.67. The zero-order chi connectivity index (χ0) is 19.2. The zero-order valence-corrected chi connectivity index (χ0v) is 15.8. The maximum Gasteiger partial charge on any atom is 0.238 e. The lowest BCUT2D eigenvalue weighted by Gasteiger charge is -2.08. The number of fused-ring (bicyclic) bond motifs is 1. The number of nitrogens with zero attached hydrogens (tertiary/aromatic N) is 2. The van der Waals surface area contributed by atoms with Crippen molar-refractivity contribution in [3.8, 4) is 0 Å². The van der Waals surface area contributed by atoms with E-state index in [9.17, 15) is 13.2 Å². The number of rotatable bonds is 5. The van der Waals surface area contributed by atoms with Crippen molar-refractivity contribution < 1.29 is 13.2 Å². The van der Waals surface area contributed by atoms with Crippen LogP contribution in [-0.2, 0) is 21.2 Å². The van der Waals surface area contributed by atoms with E-state index in [1.54, 1.807) is 41.2 Å². The Morgan fingerprint density at radius 2 is 2.04 bits per heavy atom. The molecular weight excluding hydrogens is 388 g/mol. The molecule has 1 heterocycles. The Labute approximate surface area is 161 Å². The number of anilines is 1. The number of hydrogen-bond acceptors (Lipinski definition) is 4. The van der Waals surface area contributed by atoms with E-state index in [4.69, 9.17) is 16.7 Å². The van der Waals surface area contributed by atoms with E-state index in [-0.39, 0.29) is 17.2 Å². The summed E-state index contributed by atoms with van der Waals surface area (Å²) in [5.74, 6) is -0.315. The van der Waals surface area contributed by atoms with E-state index in [0.717, 1.165) is 12.8 Å². The average Bonchev–Trinajstić information content (AvgIpc) is 3.35. The molecule has 9 heteroatoms. The smallest absolute Gasteiger partial charge is 0.238 e. The third-order valence-electron chi connectivity index (χ3n) is 4.42. The molecule has 1 aliphatic carbocycles. The lowest BCUT2D eigenvalue weighted by atomic mass is 10.1. The predicted octanol–water partition coefficient (Wildman–Crippen LogP) is 2.85. The van der Waals surface area contributed by atoms with Crippen molar-refractivity contribution >= 4 is 44.1 Å². The Kier molecular flexibility index (Phi) is 4.41. The molecule has 3 N–H and O–H groups in total. The van der Waals surface area contributed by atoms with Crippen molar-refractivity contribution in [1.82, 2.24) is 9.78 Å². The molecule has 1 saturated carbocycles.